The van der Waals surface area contributed by atoms with Crippen LogP contribution in [0.4, 0.5) is 24.7 Å². The number of fused-ring (bicyclic) bond motifs is 1. The van der Waals surface area contributed by atoms with Crippen molar-refractivity contribution in [2.75, 3.05) is 5.32 Å². The number of aromatic hydroxyl groups is 1. The Bertz CT molecular complexity index is 1110. The lowest BCUT2D eigenvalue weighted by Gasteiger charge is -2.11. The van der Waals surface area contributed by atoms with Crippen LogP contribution in [0.3, 0.4) is 0 Å². The molecule has 4 rings (SSSR count). The van der Waals surface area contributed by atoms with Gasteiger partial charge in [-0.25, -0.2) is 9.50 Å². The molecular weight excluding hydrogens is 359 g/mol. The van der Waals surface area contributed by atoms with Gasteiger partial charge < -0.3 is 10.4 Å². The molecule has 0 amide bonds. The van der Waals surface area contributed by atoms with Gasteiger partial charge in [0.05, 0.1) is 17.5 Å². The molecule has 3 heterocycles. The van der Waals surface area contributed by atoms with Crippen molar-refractivity contribution in [3.8, 4) is 17.0 Å². The quantitative estimate of drug-likeness (QED) is 0.563. The molecule has 3 aromatic heterocycles. The second kappa shape index (κ2) is 6.27. The zero-order valence-electron chi connectivity index (χ0n) is 13.6. The van der Waals surface area contributed by atoms with Crippen LogP contribution in [0.5, 0.6) is 5.75 Å². The fourth-order valence-electron chi connectivity index (χ4n) is 2.65. The highest BCUT2D eigenvalue weighted by atomic mass is 19.4. The smallest absolute Gasteiger partial charge is 0.416 e. The summed E-state index contributed by atoms with van der Waals surface area (Å²) in [7, 11) is 0. The lowest BCUT2D eigenvalue weighted by atomic mass is 10.2. The molecule has 0 aliphatic carbocycles. The predicted octanol–water partition coefficient (Wildman–Crippen LogP) is 4.26. The molecule has 0 radical (unpaired) electrons. The Morgan fingerprint density at radius 2 is 1.78 bits per heavy atom. The zero-order chi connectivity index (χ0) is 19.0. The molecule has 0 atom stereocenters. The van der Waals surface area contributed by atoms with Crippen molar-refractivity contribution in [2.45, 2.75) is 6.18 Å². The first-order valence-electron chi connectivity index (χ1n) is 7.84. The maximum absolute atomic E-state index is 12.9. The lowest BCUT2D eigenvalue weighted by Crippen LogP contribution is -2.06. The van der Waals surface area contributed by atoms with E-state index in [1.54, 1.807) is 47.4 Å². The molecule has 136 valence electrons. The number of hydrogen-bond acceptors (Lipinski definition) is 5. The second-order valence-electron chi connectivity index (χ2n) is 5.76. The molecule has 0 saturated heterocycles. The largest absolute Gasteiger partial charge is 0.508 e. The fraction of sp³-hybridized carbons (Fsp3) is 0.0556. The van der Waals surface area contributed by atoms with Gasteiger partial charge >= 0.3 is 6.18 Å². The van der Waals surface area contributed by atoms with E-state index in [2.05, 4.69) is 20.4 Å². The molecule has 0 bridgehead atoms. The highest BCUT2D eigenvalue weighted by Gasteiger charge is 2.31. The van der Waals surface area contributed by atoms with Crippen molar-refractivity contribution >= 4 is 17.2 Å². The Kier molecular flexibility index (Phi) is 3.91. The number of aromatic nitrogens is 4. The first kappa shape index (κ1) is 16.8. The monoisotopic (exact) mass is 371 g/mol. The number of phenols is 1. The summed E-state index contributed by atoms with van der Waals surface area (Å²) in [6.07, 6.45) is 0.368. The van der Waals surface area contributed by atoms with Gasteiger partial charge in [0.25, 0.3) is 0 Å². The van der Waals surface area contributed by atoms with Crippen LogP contribution in [0, 0.1) is 0 Å². The summed E-state index contributed by atoms with van der Waals surface area (Å²) >= 11 is 0. The Labute approximate surface area is 150 Å². The first-order valence-corrected chi connectivity index (χ1v) is 7.84. The van der Waals surface area contributed by atoms with Crippen molar-refractivity contribution in [1.82, 2.24) is 19.6 Å². The van der Waals surface area contributed by atoms with Gasteiger partial charge in [-0.05, 0) is 36.4 Å². The van der Waals surface area contributed by atoms with Crippen molar-refractivity contribution < 1.29 is 18.3 Å². The SMILES string of the molecule is Oc1cc(Nc2ccc3ncc(-c4ccncc4)n3n2)cc(C(F)(F)F)c1. The zero-order valence-corrected chi connectivity index (χ0v) is 13.6. The summed E-state index contributed by atoms with van der Waals surface area (Å²) in [4.78, 5) is 8.23. The highest BCUT2D eigenvalue weighted by molar-refractivity contribution is 5.65. The van der Waals surface area contributed by atoms with Crippen LogP contribution in [0.25, 0.3) is 16.9 Å². The summed E-state index contributed by atoms with van der Waals surface area (Å²) in [6, 6.07) is 9.65. The van der Waals surface area contributed by atoms with Gasteiger partial charge in [0.1, 0.15) is 5.75 Å². The number of pyridine rings is 1. The van der Waals surface area contributed by atoms with E-state index in [1.165, 1.54) is 6.07 Å². The molecule has 6 nitrogen and oxygen atoms in total. The van der Waals surface area contributed by atoms with Crippen LogP contribution >= 0.6 is 0 Å². The van der Waals surface area contributed by atoms with Crippen LogP contribution in [0.15, 0.2) is 61.1 Å². The molecule has 1 aromatic carbocycles. The van der Waals surface area contributed by atoms with Crippen LogP contribution in [-0.4, -0.2) is 24.7 Å². The van der Waals surface area contributed by atoms with Crippen molar-refractivity contribution in [3.63, 3.8) is 0 Å². The van der Waals surface area contributed by atoms with Crippen molar-refractivity contribution in [3.05, 3.63) is 66.6 Å². The summed E-state index contributed by atoms with van der Waals surface area (Å²) < 4.78 is 40.3. The third-order valence-corrected chi connectivity index (χ3v) is 3.86. The summed E-state index contributed by atoms with van der Waals surface area (Å²) in [5.41, 5.74) is 1.26. The van der Waals surface area contributed by atoms with E-state index in [-0.39, 0.29) is 5.69 Å². The summed E-state index contributed by atoms with van der Waals surface area (Å²) in [5.74, 6) is -0.192. The molecule has 0 aliphatic heterocycles. The number of benzene rings is 1. The first-order chi connectivity index (χ1) is 12.9. The van der Waals surface area contributed by atoms with Gasteiger partial charge in [-0.15, -0.1) is 5.10 Å². The van der Waals surface area contributed by atoms with E-state index in [9.17, 15) is 18.3 Å². The summed E-state index contributed by atoms with van der Waals surface area (Å²) in [6.45, 7) is 0. The number of halogens is 3. The number of phenolic OH excluding ortho intramolecular Hbond substituents is 1. The molecule has 0 fully saturated rings. The van der Waals surface area contributed by atoms with Gasteiger partial charge in [-0.1, -0.05) is 0 Å². The molecule has 0 saturated carbocycles. The fourth-order valence-corrected chi connectivity index (χ4v) is 2.65. The second-order valence-corrected chi connectivity index (χ2v) is 5.76. The number of nitrogens with one attached hydrogen (secondary N) is 1. The van der Waals surface area contributed by atoms with Gasteiger partial charge in [-0.2, -0.15) is 13.2 Å². The number of hydrogen-bond donors (Lipinski definition) is 2. The van der Waals surface area contributed by atoms with Crippen LogP contribution in [-0.2, 0) is 6.18 Å². The Morgan fingerprint density at radius 1 is 1.00 bits per heavy atom. The minimum absolute atomic E-state index is 0.0692. The minimum atomic E-state index is -4.56. The van der Waals surface area contributed by atoms with E-state index in [0.29, 0.717) is 23.2 Å². The van der Waals surface area contributed by atoms with E-state index < -0.39 is 17.5 Å². The van der Waals surface area contributed by atoms with E-state index in [0.717, 1.165) is 11.6 Å². The van der Waals surface area contributed by atoms with Gasteiger partial charge in [0, 0.05) is 29.7 Å². The number of rotatable bonds is 3. The molecular formula is C18H12F3N5O. The number of nitrogens with zero attached hydrogens (tertiary/aromatic N) is 4. The molecule has 0 aliphatic rings. The molecule has 27 heavy (non-hydrogen) atoms. The van der Waals surface area contributed by atoms with Crippen LogP contribution < -0.4 is 5.32 Å². The average Bonchev–Trinajstić information content (AvgIpc) is 3.04. The number of anilines is 2. The lowest BCUT2D eigenvalue weighted by molar-refractivity contribution is -0.137. The van der Waals surface area contributed by atoms with Gasteiger partial charge in [0.2, 0.25) is 0 Å². The Hall–Kier alpha value is -3.62. The van der Waals surface area contributed by atoms with Crippen LogP contribution in [0.2, 0.25) is 0 Å². The van der Waals surface area contributed by atoms with Gasteiger partial charge in [-0.3, -0.25) is 4.98 Å². The third kappa shape index (κ3) is 3.39. The third-order valence-electron chi connectivity index (χ3n) is 3.86. The standard InChI is InChI=1S/C18H12F3N5O/c19-18(20,21)12-7-13(9-14(27)8-12)24-16-1-2-17-23-10-15(26(17)25-16)11-3-5-22-6-4-11/h1-10,27H,(H,24,25). The molecule has 0 unspecified atom stereocenters. The Balaban J connectivity index is 1.72. The van der Waals surface area contributed by atoms with E-state index >= 15 is 0 Å². The predicted molar refractivity (Wildman–Crippen MR) is 92.6 cm³/mol. The normalized spacial score (nSPS) is 11.7. The van der Waals surface area contributed by atoms with E-state index in [4.69, 9.17) is 0 Å². The number of imidazole rings is 1. The topological polar surface area (TPSA) is 75.3 Å². The molecule has 0 spiro atoms. The number of alkyl halides is 3. The highest BCUT2D eigenvalue weighted by Crippen LogP contribution is 2.34. The summed E-state index contributed by atoms with van der Waals surface area (Å²) in [5, 5.41) is 16.8. The minimum Gasteiger partial charge on any atom is -0.508 e. The maximum atomic E-state index is 12.9. The van der Waals surface area contributed by atoms with Gasteiger partial charge in [0.15, 0.2) is 11.5 Å². The van der Waals surface area contributed by atoms with Crippen molar-refractivity contribution in [2.24, 2.45) is 0 Å². The molecule has 4 aromatic rings. The average molecular weight is 371 g/mol. The van der Waals surface area contributed by atoms with Crippen LogP contribution in [0.1, 0.15) is 5.56 Å². The molecule has 2 N–H and O–H groups in total. The molecule has 9 heteroatoms. The van der Waals surface area contributed by atoms with Crippen molar-refractivity contribution in [1.29, 1.82) is 0 Å². The maximum Gasteiger partial charge on any atom is 0.416 e. The van der Waals surface area contributed by atoms with E-state index in [1.807, 2.05) is 0 Å². The Morgan fingerprint density at radius 3 is 2.52 bits per heavy atom.